The molecule has 1 N–H and O–H groups in total. The van der Waals surface area contributed by atoms with Gasteiger partial charge in [0.2, 0.25) is 0 Å². The molecule has 2 aliphatic heterocycles. The number of nitrogens with one attached hydrogen (secondary N) is 1. The first-order chi connectivity index (χ1) is 8.95. The number of hydrogen-bond acceptors (Lipinski definition) is 3. The third kappa shape index (κ3) is 2.76. The standard InChI is InChI=1S/C13H20F3NOS/c14-13(15,16)12(2-3-12)17-10-1-6-18-11(9-10)4-7-19-8-5-11/h10,17H,1-9H2. The Balaban J connectivity index is 1.63. The van der Waals surface area contributed by atoms with Gasteiger partial charge in [0.1, 0.15) is 5.54 Å². The van der Waals surface area contributed by atoms with Crippen molar-refractivity contribution in [2.24, 2.45) is 0 Å². The highest BCUT2D eigenvalue weighted by atomic mass is 32.2. The highest BCUT2D eigenvalue weighted by molar-refractivity contribution is 7.99. The summed E-state index contributed by atoms with van der Waals surface area (Å²) in [6.45, 7) is 0.594. The number of thioether (sulfide) groups is 1. The van der Waals surface area contributed by atoms with Gasteiger partial charge in [0.25, 0.3) is 0 Å². The molecule has 0 aromatic heterocycles. The van der Waals surface area contributed by atoms with Crippen LogP contribution in [-0.4, -0.2) is 41.5 Å². The van der Waals surface area contributed by atoms with E-state index in [-0.39, 0.29) is 24.5 Å². The smallest absolute Gasteiger partial charge is 0.375 e. The highest BCUT2D eigenvalue weighted by Crippen LogP contribution is 2.50. The highest BCUT2D eigenvalue weighted by Gasteiger charge is 2.64. The van der Waals surface area contributed by atoms with E-state index in [9.17, 15) is 13.2 Å². The summed E-state index contributed by atoms with van der Waals surface area (Å²) in [6.07, 6.45) is -0.240. The maximum atomic E-state index is 13.0. The average molecular weight is 295 g/mol. The summed E-state index contributed by atoms with van der Waals surface area (Å²) >= 11 is 1.91. The molecule has 1 saturated carbocycles. The lowest BCUT2D eigenvalue weighted by Crippen LogP contribution is -2.55. The SMILES string of the molecule is FC(F)(F)C1(NC2CCOC3(CCSCC3)C2)CC1. The molecular formula is C13H20F3NOS. The van der Waals surface area contributed by atoms with Crippen LogP contribution in [0.3, 0.4) is 0 Å². The molecule has 0 aromatic rings. The summed E-state index contributed by atoms with van der Waals surface area (Å²) in [6, 6.07) is -0.0408. The lowest BCUT2D eigenvalue weighted by molar-refractivity contribution is -0.173. The minimum Gasteiger partial charge on any atom is -0.375 e. The van der Waals surface area contributed by atoms with Gasteiger partial charge >= 0.3 is 6.18 Å². The predicted octanol–water partition coefficient (Wildman–Crippen LogP) is 3.12. The van der Waals surface area contributed by atoms with E-state index in [2.05, 4.69) is 5.32 Å². The van der Waals surface area contributed by atoms with Crippen molar-refractivity contribution in [1.82, 2.24) is 5.32 Å². The van der Waals surface area contributed by atoms with Crippen LogP contribution < -0.4 is 5.32 Å². The number of hydrogen-bond donors (Lipinski definition) is 1. The van der Waals surface area contributed by atoms with E-state index in [4.69, 9.17) is 4.74 Å². The fourth-order valence-corrected chi connectivity index (χ4v) is 4.50. The maximum Gasteiger partial charge on any atom is 0.406 e. The van der Waals surface area contributed by atoms with Crippen LogP contribution in [-0.2, 0) is 4.74 Å². The molecule has 1 unspecified atom stereocenters. The molecule has 2 heterocycles. The van der Waals surface area contributed by atoms with E-state index in [0.29, 0.717) is 13.0 Å². The second-order valence-electron chi connectivity index (χ2n) is 6.06. The maximum absolute atomic E-state index is 13.0. The third-order valence-corrected chi connectivity index (χ3v) is 5.66. The molecular weight excluding hydrogens is 275 g/mol. The molecule has 6 heteroatoms. The lowest BCUT2D eigenvalue weighted by Gasteiger charge is -2.44. The molecule has 0 amide bonds. The number of alkyl halides is 3. The molecule has 110 valence electrons. The summed E-state index contributed by atoms with van der Waals surface area (Å²) in [7, 11) is 0. The monoisotopic (exact) mass is 295 g/mol. The number of rotatable bonds is 2. The van der Waals surface area contributed by atoms with Crippen LogP contribution in [0.15, 0.2) is 0 Å². The largest absolute Gasteiger partial charge is 0.406 e. The molecule has 3 rings (SSSR count). The Morgan fingerprint density at radius 3 is 2.37 bits per heavy atom. The van der Waals surface area contributed by atoms with Crippen LogP contribution in [0.1, 0.15) is 38.5 Å². The molecule has 19 heavy (non-hydrogen) atoms. The predicted molar refractivity (Wildman–Crippen MR) is 69.4 cm³/mol. The van der Waals surface area contributed by atoms with Crippen LogP contribution in [0, 0.1) is 0 Å². The fraction of sp³-hybridized carbons (Fsp3) is 1.00. The van der Waals surface area contributed by atoms with Crippen molar-refractivity contribution >= 4 is 11.8 Å². The van der Waals surface area contributed by atoms with Gasteiger partial charge in [-0.2, -0.15) is 24.9 Å². The first-order valence-electron chi connectivity index (χ1n) is 7.01. The molecule has 0 radical (unpaired) electrons. The zero-order valence-corrected chi connectivity index (χ0v) is 11.7. The summed E-state index contributed by atoms with van der Waals surface area (Å²) in [5, 5.41) is 2.91. The first-order valence-corrected chi connectivity index (χ1v) is 8.16. The Labute approximate surface area is 115 Å². The normalized spacial score (nSPS) is 33.3. The minimum atomic E-state index is -4.11. The Morgan fingerprint density at radius 2 is 1.79 bits per heavy atom. The van der Waals surface area contributed by atoms with Crippen LogP contribution in [0.2, 0.25) is 0 Å². The quantitative estimate of drug-likeness (QED) is 0.846. The lowest BCUT2D eigenvalue weighted by atomic mass is 9.85. The summed E-state index contributed by atoms with van der Waals surface area (Å²) in [4.78, 5) is 0. The Morgan fingerprint density at radius 1 is 1.11 bits per heavy atom. The van der Waals surface area contributed by atoms with Gasteiger partial charge in [-0.25, -0.2) is 0 Å². The van der Waals surface area contributed by atoms with Crippen LogP contribution in [0.5, 0.6) is 0 Å². The molecule has 2 saturated heterocycles. The van der Waals surface area contributed by atoms with Gasteiger partial charge in [-0.05, 0) is 50.0 Å². The molecule has 3 fully saturated rings. The van der Waals surface area contributed by atoms with Crippen molar-refractivity contribution < 1.29 is 17.9 Å². The van der Waals surface area contributed by atoms with Gasteiger partial charge in [0, 0.05) is 12.6 Å². The van der Waals surface area contributed by atoms with Gasteiger partial charge in [-0.3, -0.25) is 0 Å². The zero-order valence-electron chi connectivity index (χ0n) is 10.9. The van der Waals surface area contributed by atoms with Crippen molar-refractivity contribution in [3.05, 3.63) is 0 Å². The second kappa shape index (κ2) is 4.81. The van der Waals surface area contributed by atoms with Crippen LogP contribution in [0.4, 0.5) is 13.2 Å². The van der Waals surface area contributed by atoms with Crippen molar-refractivity contribution in [2.75, 3.05) is 18.1 Å². The molecule has 1 spiro atoms. The second-order valence-corrected chi connectivity index (χ2v) is 7.28. The van der Waals surface area contributed by atoms with Gasteiger partial charge in [0.05, 0.1) is 5.60 Å². The molecule has 2 nitrogen and oxygen atoms in total. The Bertz CT molecular complexity index is 332. The van der Waals surface area contributed by atoms with Gasteiger partial charge in [0.15, 0.2) is 0 Å². The van der Waals surface area contributed by atoms with Gasteiger partial charge in [-0.15, -0.1) is 0 Å². The molecule has 1 atom stereocenters. The van der Waals surface area contributed by atoms with E-state index in [1.54, 1.807) is 0 Å². The van der Waals surface area contributed by atoms with Crippen LogP contribution in [0.25, 0.3) is 0 Å². The summed E-state index contributed by atoms with van der Waals surface area (Å²) in [5.74, 6) is 2.13. The van der Waals surface area contributed by atoms with E-state index < -0.39 is 11.7 Å². The molecule has 3 aliphatic rings. The van der Waals surface area contributed by atoms with E-state index in [1.807, 2.05) is 11.8 Å². The zero-order chi connectivity index (χ0) is 13.6. The number of halogens is 3. The van der Waals surface area contributed by atoms with E-state index >= 15 is 0 Å². The molecule has 0 bridgehead atoms. The van der Waals surface area contributed by atoms with Crippen molar-refractivity contribution in [3.8, 4) is 0 Å². The van der Waals surface area contributed by atoms with Gasteiger partial charge in [-0.1, -0.05) is 0 Å². The van der Waals surface area contributed by atoms with Crippen molar-refractivity contribution in [3.63, 3.8) is 0 Å². The fourth-order valence-electron chi connectivity index (χ4n) is 3.27. The Hall–Kier alpha value is 0.0600. The summed E-state index contributed by atoms with van der Waals surface area (Å²) < 4.78 is 44.9. The van der Waals surface area contributed by atoms with Crippen LogP contribution >= 0.6 is 11.8 Å². The number of ether oxygens (including phenoxy) is 1. The molecule has 0 aromatic carbocycles. The topological polar surface area (TPSA) is 21.3 Å². The minimum absolute atomic E-state index is 0.0408. The first kappa shape index (κ1) is 14.0. The van der Waals surface area contributed by atoms with E-state index in [0.717, 1.165) is 30.8 Å². The van der Waals surface area contributed by atoms with E-state index in [1.165, 1.54) is 0 Å². The van der Waals surface area contributed by atoms with Gasteiger partial charge < -0.3 is 10.1 Å². The van der Waals surface area contributed by atoms with Crippen molar-refractivity contribution in [2.45, 2.75) is 61.9 Å². The summed E-state index contributed by atoms with van der Waals surface area (Å²) in [5.41, 5.74) is -1.73. The molecule has 1 aliphatic carbocycles. The average Bonchev–Trinajstić information content (AvgIpc) is 3.10. The Kier molecular flexibility index (Phi) is 3.55. The third-order valence-electron chi connectivity index (χ3n) is 4.67. The van der Waals surface area contributed by atoms with Crippen molar-refractivity contribution in [1.29, 1.82) is 0 Å².